The maximum atomic E-state index is 2.54. The van der Waals surface area contributed by atoms with Gasteiger partial charge in [-0.1, -0.05) is 66.7 Å². The Morgan fingerprint density at radius 3 is 1.56 bits per heavy atom. The Balaban J connectivity index is 2.00. The summed E-state index contributed by atoms with van der Waals surface area (Å²) in [6.45, 7) is 3.31. The highest BCUT2D eigenvalue weighted by Crippen LogP contribution is 2.10. The van der Waals surface area contributed by atoms with Crippen LogP contribution in [0, 0.1) is 0 Å². The first-order valence-electron chi connectivity index (χ1n) is 6.68. The maximum absolute atomic E-state index is 2.54. The van der Waals surface area contributed by atoms with Gasteiger partial charge in [-0.25, -0.2) is 0 Å². The second-order valence-corrected chi connectivity index (χ2v) is 5.68. The lowest BCUT2D eigenvalue weighted by Gasteiger charge is -2.22. The molecule has 0 radical (unpaired) electrons. The predicted octanol–water partition coefficient (Wildman–Crippen LogP) is 2.47. The number of benzene rings is 2. The lowest BCUT2D eigenvalue weighted by molar-refractivity contribution is 0.271. The molecule has 2 aromatic carbocycles. The first-order valence-corrected chi connectivity index (χ1v) is 8.10. The van der Waals surface area contributed by atoms with Crippen molar-refractivity contribution >= 4 is 10.2 Å². The third-order valence-electron chi connectivity index (χ3n) is 3.04. The zero-order valence-electron chi connectivity index (χ0n) is 11.0. The molecule has 0 N–H and O–H groups in total. The molecule has 0 aliphatic carbocycles. The van der Waals surface area contributed by atoms with Gasteiger partial charge in [0, 0.05) is 23.3 Å². The van der Waals surface area contributed by atoms with Crippen molar-refractivity contribution in [1.82, 2.24) is 4.90 Å². The summed E-state index contributed by atoms with van der Waals surface area (Å²) in [5, 5.41) is 0. The van der Waals surface area contributed by atoms with E-state index in [2.05, 4.69) is 65.6 Å². The van der Waals surface area contributed by atoms with Crippen molar-refractivity contribution in [2.24, 2.45) is 0 Å². The molecule has 0 aliphatic rings. The van der Waals surface area contributed by atoms with Gasteiger partial charge in [0.25, 0.3) is 0 Å². The Morgan fingerprint density at radius 1 is 0.722 bits per heavy atom. The van der Waals surface area contributed by atoms with E-state index in [0.29, 0.717) is 0 Å². The minimum atomic E-state index is 1.05. The van der Waals surface area contributed by atoms with E-state index in [4.69, 9.17) is 0 Å². The van der Waals surface area contributed by atoms with Crippen LogP contribution in [0.15, 0.2) is 60.7 Å². The van der Waals surface area contributed by atoms with E-state index in [1.165, 1.54) is 34.0 Å². The van der Waals surface area contributed by atoms with Gasteiger partial charge in [0.05, 0.1) is 0 Å². The van der Waals surface area contributed by atoms with Gasteiger partial charge in [0.1, 0.15) is 0 Å². The number of rotatable bonds is 6. The molecule has 18 heavy (non-hydrogen) atoms. The fourth-order valence-electron chi connectivity index (χ4n) is 2.21. The lowest BCUT2D eigenvalue weighted by Crippen LogP contribution is -2.23. The van der Waals surface area contributed by atoms with Gasteiger partial charge in [-0.2, -0.15) is 0 Å². The van der Waals surface area contributed by atoms with E-state index in [0.717, 1.165) is 13.1 Å². The van der Waals surface area contributed by atoms with Gasteiger partial charge in [-0.15, -0.1) is 0 Å². The second-order valence-electron chi connectivity index (χ2n) is 4.68. The first kappa shape index (κ1) is 13.1. The molecular formula is C16H21NSi. The molecule has 0 unspecified atom stereocenters. The molecule has 94 valence electrons. The quantitative estimate of drug-likeness (QED) is 0.717. The maximum Gasteiger partial charge on any atom is 0.0237 e. The fraction of sp³-hybridized carbons (Fsp3) is 0.250. The molecule has 2 aromatic rings. The average Bonchev–Trinajstić information content (AvgIpc) is 2.41. The van der Waals surface area contributed by atoms with Gasteiger partial charge in [-0.3, -0.25) is 4.90 Å². The Hall–Kier alpha value is -1.38. The van der Waals surface area contributed by atoms with Crippen molar-refractivity contribution in [3.63, 3.8) is 0 Å². The standard InChI is InChI=1S/C16H21NSi/c18-12-11-17(13-15-7-3-1-4-8-15)14-16-9-5-2-6-10-16/h1-10H,11-14H2,18H3. The lowest BCUT2D eigenvalue weighted by atomic mass is 10.1. The SMILES string of the molecule is [SiH3]CCN(Cc1ccccc1)Cc1ccccc1. The number of hydrogen-bond acceptors (Lipinski definition) is 1. The van der Waals surface area contributed by atoms with Crippen LogP contribution in [0.3, 0.4) is 0 Å². The minimum Gasteiger partial charge on any atom is -0.295 e. The Kier molecular flexibility index (Phi) is 5.18. The van der Waals surface area contributed by atoms with Crippen LogP contribution >= 0.6 is 0 Å². The van der Waals surface area contributed by atoms with E-state index < -0.39 is 0 Å². The van der Waals surface area contributed by atoms with Crippen LogP contribution in [0.25, 0.3) is 0 Å². The van der Waals surface area contributed by atoms with Crippen LogP contribution in [0.2, 0.25) is 6.04 Å². The van der Waals surface area contributed by atoms with Crippen molar-refractivity contribution in [2.45, 2.75) is 19.1 Å². The molecule has 0 heterocycles. The Labute approximate surface area is 113 Å². The van der Waals surface area contributed by atoms with Crippen molar-refractivity contribution in [3.05, 3.63) is 71.8 Å². The monoisotopic (exact) mass is 255 g/mol. The van der Waals surface area contributed by atoms with Crippen molar-refractivity contribution in [2.75, 3.05) is 6.54 Å². The minimum absolute atomic E-state index is 1.05. The summed E-state index contributed by atoms with van der Waals surface area (Å²) < 4.78 is 0. The van der Waals surface area contributed by atoms with Gasteiger partial charge < -0.3 is 0 Å². The van der Waals surface area contributed by atoms with E-state index >= 15 is 0 Å². The molecule has 0 fully saturated rings. The van der Waals surface area contributed by atoms with Crippen LogP contribution in [0.1, 0.15) is 11.1 Å². The zero-order valence-corrected chi connectivity index (χ0v) is 13.0. The van der Waals surface area contributed by atoms with Crippen molar-refractivity contribution in [1.29, 1.82) is 0 Å². The molecule has 0 atom stereocenters. The van der Waals surface area contributed by atoms with Crippen molar-refractivity contribution < 1.29 is 0 Å². The summed E-state index contributed by atoms with van der Waals surface area (Å²) in [6, 6.07) is 22.8. The Morgan fingerprint density at radius 2 is 1.17 bits per heavy atom. The largest absolute Gasteiger partial charge is 0.295 e. The highest BCUT2D eigenvalue weighted by molar-refractivity contribution is 6.08. The predicted molar refractivity (Wildman–Crippen MR) is 81.7 cm³/mol. The number of nitrogens with zero attached hydrogens (tertiary/aromatic N) is 1. The van der Waals surface area contributed by atoms with Crippen LogP contribution in [-0.2, 0) is 13.1 Å². The van der Waals surface area contributed by atoms with E-state index in [1.807, 2.05) is 0 Å². The Bertz CT molecular complexity index is 400. The third-order valence-corrected chi connectivity index (χ3v) is 3.49. The van der Waals surface area contributed by atoms with Gasteiger partial charge >= 0.3 is 0 Å². The molecule has 2 heteroatoms. The van der Waals surface area contributed by atoms with Gasteiger partial charge in [0.2, 0.25) is 0 Å². The van der Waals surface area contributed by atoms with Crippen LogP contribution < -0.4 is 0 Å². The van der Waals surface area contributed by atoms with Crippen LogP contribution in [0.4, 0.5) is 0 Å². The van der Waals surface area contributed by atoms with Gasteiger partial charge in [-0.05, 0) is 17.7 Å². The summed E-state index contributed by atoms with van der Waals surface area (Å²) in [7, 11) is 1.28. The van der Waals surface area contributed by atoms with E-state index in [9.17, 15) is 0 Å². The summed E-state index contributed by atoms with van der Waals surface area (Å²) in [5.41, 5.74) is 2.81. The molecule has 0 bridgehead atoms. The highest BCUT2D eigenvalue weighted by Gasteiger charge is 2.05. The third kappa shape index (κ3) is 4.13. The van der Waals surface area contributed by atoms with Crippen LogP contribution in [-0.4, -0.2) is 21.7 Å². The highest BCUT2D eigenvalue weighted by atomic mass is 28.1. The fourth-order valence-corrected chi connectivity index (χ4v) is 2.85. The molecule has 0 saturated carbocycles. The normalized spacial score (nSPS) is 10.9. The van der Waals surface area contributed by atoms with E-state index in [1.54, 1.807) is 0 Å². The van der Waals surface area contributed by atoms with Gasteiger partial charge in [0.15, 0.2) is 0 Å². The smallest absolute Gasteiger partial charge is 0.0237 e. The summed E-state index contributed by atoms with van der Waals surface area (Å²) in [5.74, 6) is 0. The van der Waals surface area contributed by atoms with Crippen molar-refractivity contribution in [3.8, 4) is 0 Å². The summed E-state index contributed by atoms with van der Waals surface area (Å²) >= 11 is 0. The first-order chi connectivity index (χ1) is 8.88. The topological polar surface area (TPSA) is 3.24 Å². The average molecular weight is 255 g/mol. The van der Waals surface area contributed by atoms with Crippen LogP contribution in [0.5, 0.6) is 0 Å². The number of hydrogen-bond donors (Lipinski definition) is 0. The summed E-state index contributed by atoms with van der Waals surface area (Å²) in [6.07, 6.45) is 0. The van der Waals surface area contributed by atoms with E-state index in [-0.39, 0.29) is 0 Å². The zero-order chi connectivity index (χ0) is 12.6. The molecule has 1 nitrogen and oxygen atoms in total. The molecule has 2 rings (SSSR count). The molecule has 0 aliphatic heterocycles. The molecule has 0 aromatic heterocycles. The molecule has 0 saturated heterocycles. The second kappa shape index (κ2) is 7.14. The summed E-state index contributed by atoms with van der Waals surface area (Å²) in [4.78, 5) is 2.54. The molecule has 0 amide bonds. The molecule has 0 spiro atoms. The molecular weight excluding hydrogens is 234 g/mol.